The molecule has 0 heterocycles. The van der Waals surface area contributed by atoms with E-state index in [1.807, 2.05) is 32.0 Å². The monoisotopic (exact) mass is 384 g/mol. The molecule has 2 amide bonds. The number of ether oxygens (including phenoxy) is 2. The average molecular weight is 384 g/mol. The third-order valence-electron chi connectivity index (χ3n) is 4.31. The lowest BCUT2D eigenvalue weighted by Crippen LogP contribution is -2.32. The minimum atomic E-state index is -0.711. The van der Waals surface area contributed by atoms with Gasteiger partial charge in [-0.3, -0.25) is 9.59 Å². The first kappa shape index (κ1) is 21.4. The molecule has 0 spiro atoms. The van der Waals surface area contributed by atoms with Crippen molar-refractivity contribution in [3.05, 3.63) is 59.2 Å². The number of carbonyl (C=O) groups is 2. The van der Waals surface area contributed by atoms with Crippen LogP contribution in [0.15, 0.2) is 42.5 Å². The number of anilines is 1. The van der Waals surface area contributed by atoms with Crippen LogP contribution in [-0.4, -0.2) is 38.2 Å². The summed E-state index contributed by atoms with van der Waals surface area (Å²) < 4.78 is 10.9. The second-order valence-electron chi connectivity index (χ2n) is 6.62. The second kappa shape index (κ2) is 10.5. The van der Waals surface area contributed by atoms with Crippen LogP contribution in [0, 0.1) is 13.8 Å². The van der Waals surface area contributed by atoms with E-state index in [0.717, 1.165) is 17.5 Å². The van der Waals surface area contributed by atoms with Gasteiger partial charge in [0.15, 0.2) is 6.10 Å². The van der Waals surface area contributed by atoms with Gasteiger partial charge in [0.1, 0.15) is 5.75 Å². The standard InChI is InChI=1S/C22H28N2O4/c1-15-9-7-10-16(2)20(15)28-17(3)21(25)24-19-12-6-5-11-18(19)22(26)23-13-8-14-27-4/h5-7,9-12,17H,8,13-14H2,1-4H3,(H,23,26)(H,24,25). The normalized spacial score (nSPS) is 11.6. The largest absolute Gasteiger partial charge is 0.480 e. The maximum Gasteiger partial charge on any atom is 0.265 e. The van der Waals surface area contributed by atoms with E-state index in [1.54, 1.807) is 38.3 Å². The van der Waals surface area contributed by atoms with Crippen molar-refractivity contribution in [2.45, 2.75) is 33.3 Å². The number of carbonyl (C=O) groups excluding carboxylic acids is 2. The van der Waals surface area contributed by atoms with Gasteiger partial charge in [-0.15, -0.1) is 0 Å². The number of benzene rings is 2. The van der Waals surface area contributed by atoms with Gasteiger partial charge in [0, 0.05) is 20.3 Å². The molecule has 1 atom stereocenters. The summed E-state index contributed by atoms with van der Waals surface area (Å²) in [5.74, 6) is 0.145. The minimum Gasteiger partial charge on any atom is -0.480 e. The first-order chi connectivity index (χ1) is 13.4. The van der Waals surface area contributed by atoms with Gasteiger partial charge in [-0.05, 0) is 50.5 Å². The van der Waals surface area contributed by atoms with E-state index in [-0.39, 0.29) is 11.8 Å². The lowest BCUT2D eigenvalue weighted by Gasteiger charge is -2.19. The molecule has 28 heavy (non-hydrogen) atoms. The highest BCUT2D eigenvalue weighted by molar-refractivity contribution is 6.04. The van der Waals surface area contributed by atoms with Gasteiger partial charge in [0.25, 0.3) is 11.8 Å². The fourth-order valence-electron chi connectivity index (χ4n) is 2.75. The second-order valence-corrected chi connectivity index (χ2v) is 6.62. The Labute approximate surface area is 166 Å². The van der Waals surface area contributed by atoms with E-state index in [0.29, 0.717) is 30.2 Å². The van der Waals surface area contributed by atoms with Gasteiger partial charge < -0.3 is 20.1 Å². The van der Waals surface area contributed by atoms with Crippen LogP contribution in [0.1, 0.15) is 34.8 Å². The predicted molar refractivity (Wildman–Crippen MR) is 110 cm³/mol. The lowest BCUT2D eigenvalue weighted by molar-refractivity contribution is -0.122. The first-order valence-corrected chi connectivity index (χ1v) is 9.34. The molecule has 150 valence electrons. The van der Waals surface area contributed by atoms with E-state index in [9.17, 15) is 9.59 Å². The Morgan fingerprint density at radius 2 is 1.71 bits per heavy atom. The van der Waals surface area contributed by atoms with Crippen LogP contribution < -0.4 is 15.4 Å². The Balaban J connectivity index is 2.04. The Bertz CT molecular complexity index is 800. The predicted octanol–water partition coefficient (Wildman–Crippen LogP) is 3.48. The summed E-state index contributed by atoms with van der Waals surface area (Å²) in [5.41, 5.74) is 2.80. The van der Waals surface area contributed by atoms with Crippen LogP contribution in [0.4, 0.5) is 5.69 Å². The van der Waals surface area contributed by atoms with Crippen LogP contribution in [0.3, 0.4) is 0 Å². The van der Waals surface area contributed by atoms with Crippen LogP contribution >= 0.6 is 0 Å². The number of methoxy groups -OCH3 is 1. The first-order valence-electron chi connectivity index (χ1n) is 9.34. The summed E-state index contributed by atoms with van der Waals surface area (Å²) in [4.78, 5) is 25.1. The van der Waals surface area contributed by atoms with E-state index in [2.05, 4.69) is 10.6 Å². The number of amides is 2. The summed E-state index contributed by atoms with van der Waals surface area (Å²) in [6.07, 6.45) is 0.00912. The van der Waals surface area contributed by atoms with Crippen molar-refractivity contribution in [3.8, 4) is 5.75 Å². The number of nitrogens with one attached hydrogen (secondary N) is 2. The molecule has 0 radical (unpaired) electrons. The number of hydrogen-bond acceptors (Lipinski definition) is 4. The fraction of sp³-hybridized carbons (Fsp3) is 0.364. The molecule has 0 bridgehead atoms. The molecule has 0 aliphatic heterocycles. The number of rotatable bonds is 9. The molecule has 0 saturated carbocycles. The van der Waals surface area contributed by atoms with Crippen LogP contribution in [0.2, 0.25) is 0 Å². The molecule has 0 saturated heterocycles. The molecular weight excluding hydrogens is 356 g/mol. The highest BCUT2D eigenvalue weighted by Gasteiger charge is 2.19. The molecule has 2 aromatic carbocycles. The SMILES string of the molecule is COCCCNC(=O)c1ccccc1NC(=O)C(C)Oc1c(C)cccc1C. The average Bonchev–Trinajstić information content (AvgIpc) is 2.68. The Kier molecular flexibility index (Phi) is 8.02. The molecule has 6 heteroatoms. The molecule has 0 aliphatic carbocycles. The van der Waals surface area contributed by atoms with Crippen LogP contribution in [0.25, 0.3) is 0 Å². The summed E-state index contributed by atoms with van der Waals surface area (Å²) in [7, 11) is 1.62. The van der Waals surface area contributed by atoms with Gasteiger partial charge in [0.05, 0.1) is 11.3 Å². The van der Waals surface area contributed by atoms with Crippen LogP contribution in [0.5, 0.6) is 5.75 Å². The van der Waals surface area contributed by atoms with E-state index in [1.165, 1.54) is 0 Å². The summed E-state index contributed by atoms with van der Waals surface area (Å²) >= 11 is 0. The summed E-state index contributed by atoms with van der Waals surface area (Å²) in [6.45, 7) is 6.65. The van der Waals surface area contributed by atoms with Crippen molar-refractivity contribution in [3.63, 3.8) is 0 Å². The van der Waals surface area contributed by atoms with E-state index >= 15 is 0 Å². The Hall–Kier alpha value is -2.86. The highest BCUT2D eigenvalue weighted by atomic mass is 16.5. The van der Waals surface area contributed by atoms with Crippen molar-refractivity contribution in [1.82, 2.24) is 5.32 Å². The van der Waals surface area contributed by atoms with E-state index < -0.39 is 6.10 Å². The zero-order chi connectivity index (χ0) is 20.5. The zero-order valence-electron chi connectivity index (χ0n) is 16.9. The smallest absolute Gasteiger partial charge is 0.265 e. The molecular formula is C22H28N2O4. The minimum absolute atomic E-state index is 0.240. The molecule has 0 aliphatic rings. The fourth-order valence-corrected chi connectivity index (χ4v) is 2.75. The lowest BCUT2D eigenvalue weighted by atomic mass is 10.1. The molecule has 2 N–H and O–H groups in total. The Morgan fingerprint density at radius 3 is 2.39 bits per heavy atom. The highest BCUT2D eigenvalue weighted by Crippen LogP contribution is 2.24. The van der Waals surface area contributed by atoms with Crippen molar-refractivity contribution in [2.75, 3.05) is 25.6 Å². The van der Waals surface area contributed by atoms with E-state index in [4.69, 9.17) is 9.47 Å². The molecule has 1 unspecified atom stereocenters. The van der Waals surface area contributed by atoms with Gasteiger partial charge in [0.2, 0.25) is 0 Å². The molecule has 2 rings (SSSR count). The third-order valence-corrected chi connectivity index (χ3v) is 4.31. The van der Waals surface area contributed by atoms with Crippen molar-refractivity contribution in [1.29, 1.82) is 0 Å². The van der Waals surface area contributed by atoms with Gasteiger partial charge >= 0.3 is 0 Å². The van der Waals surface area contributed by atoms with Gasteiger partial charge in [-0.1, -0.05) is 30.3 Å². The third kappa shape index (κ3) is 5.82. The number of hydrogen-bond donors (Lipinski definition) is 2. The zero-order valence-corrected chi connectivity index (χ0v) is 16.9. The molecule has 0 aromatic heterocycles. The van der Waals surface area contributed by atoms with Gasteiger partial charge in [-0.2, -0.15) is 0 Å². The summed E-state index contributed by atoms with van der Waals surface area (Å²) in [6, 6.07) is 12.7. The quantitative estimate of drug-likeness (QED) is 0.649. The number of aryl methyl sites for hydroxylation is 2. The molecule has 6 nitrogen and oxygen atoms in total. The topological polar surface area (TPSA) is 76.7 Å². The number of para-hydroxylation sites is 2. The van der Waals surface area contributed by atoms with Crippen molar-refractivity contribution < 1.29 is 19.1 Å². The van der Waals surface area contributed by atoms with Gasteiger partial charge in [-0.25, -0.2) is 0 Å². The maximum absolute atomic E-state index is 12.6. The maximum atomic E-state index is 12.6. The Morgan fingerprint density at radius 1 is 1.04 bits per heavy atom. The van der Waals surface area contributed by atoms with Crippen molar-refractivity contribution >= 4 is 17.5 Å². The van der Waals surface area contributed by atoms with Crippen molar-refractivity contribution in [2.24, 2.45) is 0 Å². The molecule has 2 aromatic rings. The summed E-state index contributed by atoms with van der Waals surface area (Å²) in [5, 5.41) is 5.63. The van der Waals surface area contributed by atoms with Crippen LogP contribution in [-0.2, 0) is 9.53 Å². The molecule has 0 fully saturated rings.